The number of ether oxygens (including phenoxy) is 1. The van der Waals surface area contributed by atoms with Crippen molar-refractivity contribution in [3.05, 3.63) is 60.9 Å². The number of benzene rings is 2. The summed E-state index contributed by atoms with van der Waals surface area (Å²) in [6, 6.07) is 18.2. The Labute approximate surface area is 155 Å². The highest BCUT2D eigenvalue weighted by molar-refractivity contribution is 5.88. The van der Waals surface area contributed by atoms with E-state index in [1.807, 2.05) is 48.5 Å². The smallest absolute Gasteiger partial charge is 0.137 e. The van der Waals surface area contributed by atoms with E-state index in [0.29, 0.717) is 0 Å². The second-order valence-corrected chi connectivity index (χ2v) is 6.45. The van der Waals surface area contributed by atoms with Crippen LogP contribution in [0, 0.1) is 0 Å². The average molecular weight is 349 g/mol. The number of hydrogen-bond donors (Lipinski definition) is 1. The minimum atomic E-state index is 0.812. The number of para-hydroxylation sites is 2. The van der Waals surface area contributed by atoms with Crippen LogP contribution in [0.25, 0.3) is 10.9 Å². The first kappa shape index (κ1) is 18.2. The molecular weight excluding hydrogens is 322 g/mol. The van der Waals surface area contributed by atoms with E-state index >= 15 is 0 Å². The molecule has 3 rings (SSSR count). The van der Waals surface area contributed by atoms with Gasteiger partial charge in [-0.05, 0) is 37.1 Å². The molecule has 0 saturated heterocycles. The number of rotatable bonds is 11. The standard InChI is InChI=1S/C22H27N3O/c1(2-4-11-17-26-19-12-6-5-7-13-19)3-10-16-23-22-20-14-8-9-15-21(20)24-18-25-22/h5-9,12-15,18H,1-4,10-11,16-17H2,(H,23,24,25). The first-order valence-corrected chi connectivity index (χ1v) is 9.55. The Balaban J connectivity index is 1.22. The molecule has 0 aliphatic heterocycles. The Bertz CT molecular complexity index is 771. The maximum atomic E-state index is 5.71. The second-order valence-electron chi connectivity index (χ2n) is 6.45. The maximum Gasteiger partial charge on any atom is 0.137 e. The number of aromatic nitrogens is 2. The third-order valence-corrected chi connectivity index (χ3v) is 4.42. The molecule has 0 atom stereocenters. The van der Waals surface area contributed by atoms with Gasteiger partial charge in [-0.2, -0.15) is 0 Å². The van der Waals surface area contributed by atoms with E-state index in [2.05, 4.69) is 21.4 Å². The molecule has 4 nitrogen and oxygen atoms in total. The molecule has 0 spiro atoms. The van der Waals surface area contributed by atoms with Crippen LogP contribution in [0.15, 0.2) is 60.9 Å². The van der Waals surface area contributed by atoms with E-state index in [-0.39, 0.29) is 0 Å². The lowest BCUT2D eigenvalue weighted by molar-refractivity contribution is 0.304. The summed E-state index contributed by atoms with van der Waals surface area (Å²) in [6.45, 7) is 1.77. The maximum absolute atomic E-state index is 5.71. The Morgan fingerprint density at radius 3 is 2.35 bits per heavy atom. The van der Waals surface area contributed by atoms with Gasteiger partial charge in [-0.3, -0.25) is 0 Å². The second kappa shape index (κ2) is 10.4. The van der Waals surface area contributed by atoms with Gasteiger partial charge in [0, 0.05) is 11.9 Å². The zero-order valence-electron chi connectivity index (χ0n) is 15.2. The van der Waals surface area contributed by atoms with Gasteiger partial charge >= 0.3 is 0 Å². The van der Waals surface area contributed by atoms with Gasteiger partial charge in [0.25, 0.3) is 0 Å². The van der Waals surface area contributed by atoms with E-state index in [9.17, 15) is 0 Å². The number of hydrogen-bond acceptors (Lipinski definition) is 4. The highest BCUT2D eigenvalue weighted by Crippen LogP contribution is 2.18. The molecular formula is C22H27N3O. The summed E-state index contributed by atoms with van der Waals surface area (Å²) in [5.41, 5.74) is 0.989. The molecule has 3 aromatic rings. The fourth-order valence-corrected chi connectivity index (χ4v) is 2.99. The van der Waals surface area contributed by atoms with Crippen molar-refractivity contribution >= 4 is 16.7 Å². The third kappa shape index (κ3) is 5.73. The van der Waals surface area contributed by atoms with Crippen molar-refractivity contribution in [2.45, 2.75) is 38.5 Å². The summed E-state index contributed by atoms with van der Waals surface area (Å²) < 4.78 is 5.71. The lowest BCUT2D eigenvalue weighted by atomic mass is 10.1. The summed E-state index contributed by atoms with van der Waals surface area (Å²) >= 11 is 0. The van der Waals surface area contributed by atoms with Crippen LogP contribution >= 0.6 is 0 Å². The monoisotopic (exact) mass is 349 g/mol. The molecule has 0 aliphatic rings. The van der Waals surface area contributed by atoms with Gasteiger partial charge in [0.2, 0.25) is 0 Å². The van der Waals surface area contributed by atoms with E-state index in [4.69, 9.17) is 4.74 Å². The van der Waals surface area contributed by atoms with Gasteiger partial charge in [0.05, 0.1) is 12.1 Å². The molecule has 1 heterocycles. The van der Waals surface area contributed by atoms with Crippen molar-refractivity contribution in [3.63, 3.8) is 0 Å². The number of unbranched alkanes of at least 4 members (excludes halogenated alkanes) is 5. The SMILES string of the molecule is c1ccc(OCCCCCCCCNc2ncnc3ccccc23)cc1. The zero-order valence-corrected chi connectivity index (χ0v) is 15.2. The van der Waals surface area contributed by atoms with Crippen molar-refractivity contribution in [2.24, 2.45) is 0 Å². The Kier molecular flexibility index (Phi) is 7.26. The van der Waals surface area contributed by atoms with Gasteiger partial charge in [-0.25, -0.2) is 9.97 Å². The molecule has 0 aliphatic carbocycles. The molecule has 1 N–H and O–H groups in total. The summed E-state index contributed by atoms with van der Waals surface area (Å²) in [6.07, 6.45) is 8.94. The molecule has 1 aromatic heterocycles. The summed E-state index contributed by atoms with van der Waals surface area (Å²) in [4.78, 5) is 8.66. The van der Waals surface area contributed by atoms with E-state index in [1.54, 1.807) is 6.33 Å². The third-order valence-electron chi connectivity index (χ3n) is 4.42. The van der Waals surface area contributed by atoms with E-state index in [0.717, 1.165) is 42.0 Å². The predicted molar refractivity (Wildman–Crippen MR) is 108 cm³/mol. The van der Waals surface area contributed by atoms with E-state index in [1.165, 1.54) is 32.1 Å². The fraction of sp³-hybridized carbons (Fsp3) is 0.364. The largest absolute Gasteiger partial charge is 0.494 e. The highest BCUT2D eigenvalue weighted by Gasteiger charge is 2.01. The van der Waals surface area contributed by atoms with Crippen molar-refractivity contribution in [3.8, 4) is 5.75 Å². The van der Waals surface area contributed by atoms with Crippen LogP contribution in [0.2, 0.25) is 0 Å². The highest BCUT2D eigenvalue weighted by atomic mass is 16.5. The van der Waals surface area contributed by atoms with Crippen LogP contribution < -0.4 is 10.1 Å². The lowest BCUT2D eigenvalue weighted by Crippen LogP contribution is -2.04. The van der Waals surface area contributed by atoms with Crippen LogP contribution in [-0.2, 0) is 0 Å². The van der Waals surface area contributed by atoms with Crippen molar-refractivity contribution in [2.75, 3.05) is 18.5 Å². The summed E-state index contributed by atoms with van der Waals surface area (Å²) in [5, 5.41) is 4.54. The van der Waals surface area contributed by atoms with Crippen LogP contribution in [0.3, 0.4) is 0 Å². The van der Waals surface area contributed by atoms with Crippen LogP contribution in [-0.4, -0.2) is 23.1 Å². The van der Waals surface area contributed by atoms with Crippen molar-refractivity contribution in [1.82, 2.24) is 9.97 Å². The Morgan fingerprint density at radius 2 is 1.46 bits per heavy atom. The predicted octanol–water partition coefficient (Wildman–Crippen LogP) is 5.46. The number of fused-ring (bicyclic) bond motifs is 1. The molecule has 0 radical (unpaired) electrons. The van der Waals surface area contributed by atoms with Crippen molar-refractivity contribution < 1.29 is 4.74 Å². The minimum absolute atomic E-state index is 0.812. The van der Waals surface area contributed by atoms with Crippen molar-refractivity contribution in [1.29, 1.82) is 0 Å². The topological polar surface area (TPSA) is 47.0 Å². The van der Waals surface area contributed by atoms with Gasteiger partial charge in [0.15, 0.2) is 0 Å². The van der Waals surface area contributed by atoms with Gasteiger partial charge in [-0.1, -0.05) is 56.0 Å². The van der Waals surface area contributed by atoms with Gasteiger partial charge in [-0.15, -0.1) is 0 Å². The molecule has 0 unspecified atom stereocenters. The average Bonchev–Trinajstić information content (AvgIpc) is 2.70. The lowest BCUT2D eigenvalue weighted by Gasteiger charge is -2.08. The number of nitrogens with zero attached hydrogens (tertiary/aromatic N) is 2. The molecule has 0 fully saturated rings. The van der Waals surface area contributed by atoms with Crippen LogP contribution in [0.5, 0.6) is 5.75 Å². The van der Waals surface area contributed by atoms with E-state index < -0.39 is 0 Å². The van der Waals surface area contributed by atoms with Crippen LogP contribution in [0.1, 0.15) is 38.5 Å². The normalized spacial score (nSPS) is 10.8. The number of nitrogens with one attached hydrogen (secondary N) is 1. The first-order chi connectivity index (χ1) is 12.9. The molecule has 0 amide bonds. The van der Waals surface area contributed by atoms with Gasteiger partial charge < -0.3 is 10.1 Å². The van der Waals surface area contributed by atoms with Gasteiger partial charge in [0.1, 0.15) is 17.9 Å². The molecule has 4 heteroatoms. The molecule has 2 aromatic carbocycles. The molecule has 0 saturated carbocycles. The Morgan fingerprint density at radius 1 is 0.731 bits per heavy atom. The Hall–Kier alpha value is -2.62. The summed E-state index contributed by atoms with van der Waals surface area (Å²) in [5.74, 6) is 1.91. The summed E-state index contributed by atoms with van der Waals surface area (Å²) in [7, 11) is 0. The zero-order chi connectivity index (χ0) is 17.9. The molecule has 0 bridgehead atoms. The molecule has 136 valence electrons. The minimum Gasteiger partial charge on any atom is -0.494 e. The number of anilines is 1. The fourth-order valence-electron chi connectivity index (χ4n) is 2.99. The first-order valence-electron chi connectivity index (χ1n) is 9.55. The van der Waals surface area contributed by atoms with Crippen LogP contribution in [0.4, 0.5) is 5.82 Å². The quantitative estimate of drug-likeness (QED) is 0.467. The molecule has 26 heavy (non-hydrogen) atoms.